The van der Waals surface area contributed by atoms with Crippen LogP contribution in [0.5, 0.6) is 0 Å². The summed E-state index contributed by atoms with van der Waals surface area (Å²) in [6.07, 6.45) is 0. The molecule has 2 rings (SSSR count). The molecule has 0 saturated heterocycles. The zero-order valence-corrected chi connectivity index (χ0v) is 14.9. The van der Waals surface area contributed by atoms with Crippen LogP contribution in [0.2, 0.25) is 0 Å². The molecule has 2 aromatic rings. The summed E-state index contributed by atoms with van der Waals surface area (Å²) in [6, 6.07) is 7.68. The summed E-state index contributed by atoms with van der Waals surface area (Å²) in [7, 11) is 0. The molecule has 5 nitrogen and oxygen atoms in total. The Morgan fingerprint density at radius 3 is 2.28 bits per heavy atom. The van der Waals surface area contributed by atoms with E-state index in [1.807, 2.05) is 32.3 Å². The van der Waals surface area contributed by atoms with E-state index in [-0.39, 0.29) is 24.3 Å². The Labute approximate surface area is 146 Å². The van der Waals surface area contributed by atoms with Crippen molar-refractivity contribution in [1.29, 1.82) is 0 Å². The second-order valence-corrected chi connectivity index (χ2v) is 6.43. The minimum atomic E-state index is -1.09. The molecule has 6 heteroatoms. The largest absolute Gasteiger partial charge is 0.480 e. The third kappa shape index (κ3) is 4.26. The fraction of sp³-hybridized carbons (Fsp3) is 0.368. The molecule has 0 saturated carbocycles. The lowest BCUT2D eigenvalue weighted by Crippen LogP contribution is -2.35. The van der Waals surface area contributed by atoms with Gasteiger partial charge in [0.15, 0.2) is 0 Å². The number of carbonyl (C=O) groups excluding carboxylic acids is 1. The molecule has 0 bridgehead atoms. The first-order valence-electron chi connectivity index (χ1n) is 8.14. The van der Waals surface area contributed by atoms with E-state index >= 15 is 0 Å². The number of aromatic nitrogens is 1. The van der Waals surface area contributed by atoms with E-state index in [4.69, 9.17) is 5.11 Å². The van der Waals surface area contributed by atoms with Crippen LogP contribution in [0.3, 0.4) is 0 Å². The predicted molar refractivity (Wildman–Crippen MR) is 93.1 cm³/mol. The molecule has 0 aliphatic heterocycles. The number of hydrogen-bond donors (Lipinski definition) is 1. The molecule has 1 heterocycles. The van der Waals surface area contributed by atoms with Crippen LogP contribution in [0.15, 0.2) is 30.3 Å². The summed E-state index contributed by atoms with van der Waals surface area (Å²) in [4.78, 5) is 25.4. The first-order valence-corrected chi connectivity index (χ1v) is 8.14. The summed E-state index contributed by atoms with van der Waals surface area (Å²) in [6.45, 7) is 7.53. The van der Waals surface area contributed by atoms with Gasteiger partial charge in [0.05, 0.1) is 5.56 Å². The summed E-state index contributed by atoms with van der Waals surface area (Å²) in [5, 5.41) is 9.16. The Hall–Kier alpha value is -2.63. The number of hydrogen-bond acceptors (Lipinski definition) is 2. The van der Waals surface area contributed by atoms with Gasteiger partial charge >= 0.3 is 5.97 Å². The van der Waals surface area contributed by atoms with Gasteiger partial charge in [-0.2, -0.15) is 0 Å². The molecule has 0 radical (unpaired) electrons. The third-order valence-corrected chi connectivity index (χ3v) is 4.13. The van der Waals surface area contributed by atoms with Crippen LogP contribution in [0.4, 0.5) is 4.39 Å². The fourth-order valence-electron chi connectivity index (χ4n) is 3.13. The number of halogens is 1. The lowest BCUT2D eigenvalue weighted by molar-refractivity contribution is -0.137. The second-order valence-electron chi connectivity index (χ2n) is 6.43. The van der Waals surface area contributed by atoms with Crippen molar-refractivity contribution in [3.63, 3.8) is 0 Å². The molecule has 0 atom stereocenters. The van der Waals surface area contributed by atoms with Crippen LogP contribution < -0.4 is 0 Å². The number of rotatable bonds is 6. The van der Waals surface area contributed by atoms with E-state index in [1.54, 1.807) is 18.2 Å². The number of aryl methyl sites for hydroxylation is 1. The Morgan fingerprint density at radius 2 is 1.80 bits per heavy atom. The molecule has 1 amide bonds. The van der Waals surface area contributed by atoms with E-state index in [0.29, 0.717) is 11.1 Å². The molecule has 0 spiro atoms. The van der Waals surface area contributed by atoms with E-state index in [2.05, 4.69) is 0 Å². The van der Waals surface area contributed by atoms with Gasteiger partial charge in [-0.1, -0.05) is 12.1 Å². The van der Waals surface area contributed by atoms with Gasteiger partial charge < -0.3 is 14.6 Å². The van der Waals surface area contributed by atoms with E-state index in [1.165, 1.54) is 17.0 Å². The van der Waals surface area contributed by atoms with Gasteiger partial charge in [-0.3, -0.25) is 9.59 Å². The van der Waals surface area contributed by atoms with Crippen molar-refractivity contribution in [1.82, 2.24) is 9.47 Å². The Kier molecular flexibility index (Phi) is 5.62. The van der Waals surface area contributed by atoms with Crippen LogP contribution in [-0.4, -0.2) is 33.0 Å². The van der Waals surface area contributed by atoms with Gasteiger partial charge in [-0.25, -0.2) is 4.39 Å². The van der Waals surface area contributed by atoms with E-state index in [0.717, 1.165) is 11.4 Å². The average molecular weight is 346 g/mol. The number of aliphatic carboxylic acids is 1. The molecule has 1 aromatic heterocycles. The van der Waals surface area contributed by atoms with Crippen molar-refractivity contribution < 1.29 is 19.1 Å². The zero-order chi connectivity index (χ0) is 18.7. The minimum absolute atomic E-state index is 0.108. The van der Waals surface area contributed by atoms with Crippen molar-refractivity contribution in [2.24, 2.45) is 0 Å². The van der Waals surface area contributed by atoms with E-state index in [9.17, 15) is 14.0 Å². The van der Waals surface area contributed by atoms with Crippen LogP contribution in [-0.2, 0) is 11.3 Å². The summed E-state index contributed by atoms with van der Waals surface area (Å²) in [5.41, 5.74) is 2.93. The number of nitrogens with zero attached hydrogens (tertiary/aromatic N) is 2. The number of carboxylic acids is 1. The summed E-state index contributed by atoms with van der Waals surface area (Å²) in [5.74, 6) is -1.81. The smallest absolute Gasteiger partial charge is 0.323 e. The molecule has 1 aromatic carbocycles. The summed E-state index contributed by atoms with van der Waals surface area (Å²) >= 11 is 0. The number of benzene rings is 1. The highest BCUT2D eigenvalue weighted by Gasteiger charge is 2.24. The number of carboxylic acid groups (broad SMARTS) is 1. The van der Waals surface area contributed by atoms with Crippen molar-refractivity contribution in [2.75, 3.05) is 6.54 Å². The van der Waals surface area contributed by atoms with Gasteiger partial charge in [0.2, 0.25) is 0 Å². The van der Waals surface area contributed by atoms with Crippen molar-refractivity contribution in [3.05, 3.63) is 58.7 Å². The van der Waals surface area contributed by atoms with Gasteiger partial charge in [0, 0.05) is 24.0 Å². The quantitative estimate of drug-likeness (QED) is 0.870. The van der Waals surface area contributed by atoms with Crippen LogP contribution in [0, 0.1) is 19.7 Å². The molecule has 25 heavy (non-hydrogen) atoms. The third-order valence-electron chi connectivity index (χ3n) is 4.13. The number of carbonyl (C=O) groups is 2. The second kappa shape index (κ2) is 7.51. The molecule has 0 unspecified atom stereocenters. The maximum absolute atomic E-state index is 13.1. The lowest BCUT2D eigenvalue weighted by Gasteiger charge is -2.21. The Morgan fingerprint density at radius 1 is 1.20 bits per heavy atom. The maximum Gasteiger partial charge on any atom is 0.323 e. The zero-order valence-electron chi connectivity index (χ0n) is 14.9. The topological polar surface area (TPSA) is 62.5 Å². The number of amides is 1. The van der Waals surface area contributed by atoms with Gasteiger partial charge in [0.25, 0.3) is 5.91 Å². The monoisotopic (exact) mass is 346 g/mol. The SMILES string of the molecule is Cc1cc(C(=O)N(CC(=O)O)Cc2ccc(F)cc2)c(C)n1C(C)C. The van der Waals surface area contributed by atoms with Crippen molar-refractivity contribution in [2.45, 2.75) is 40.3 Å². The van der Waals surface area contributed by atoms with Crippen LogP contribution in [0.25, 0.3) is 0 Å². The van der Waals surface area contributed by atoms with Gasteiger partial charge in [-0.05, 0) is 51.5 Å². The standard InChI is InChI=1S/C19H23FN2O3/c1-12(2)22-13(3)9-17(14(22)4)19(25)21(11-18(23)24)10-15-5-7-16(20)8-6-15/h5-9,12H,10-11H2,1-4H3,(H,23,24). The molecule has 1 N–H and O–H groups in total. The van der Waals surface area contributed by atoms with E-state index < -0.39 is 12.5 Å². The van der Waals surface area contributed by atoms with Crippen LogP contribution >= 0.6 is 0 Å². The van der Waals surface area contributed by atoms with Crippen molar-refractivity contribution in [3.8, 4) is 0 Å². The van der Waals surface area contributed by atoms with Crippen molar-refractivity contribution >= 4 is 11.9 Å². The molecular formula is C19H23FN2O3. The molecule has 0 aliphatic carbocycles. The highest BCUT2D eigenvalue weighted by atomic mass is 19.1. The predicted octanol–water partition coefficient (Wildman–Crippen LogP) is 3.55. The fourth-order valence-corrected chi connectivity index (χ4v) is 3.13. The maximum atomic E-state index is 13.1. The molecule has 0 aliphatic rings. The first kappa shape index (κ1) is 18.7. The highest BCUT2D eigenvalue weighted by Crippen LogP contribution is 2.22. The lowest BCUT2D eigenvalue weighted by atomic mass is 10.1. The molecule has 134 valence electrons. The normalized spacial score (nSPS) is 11.0. The molecule has 0 fully saturated rings. The van der Waals surface area contributed by atoms with Gasteiger partial charge in [0.1, 0.15) is 12.4 Å². The molecular weight excluding hydrogens is 323 g/mol. The highest BCUT2D eigenvalue weighted by molar-refractivity contribution is 5.97. The van der Waals surface area contributed by atoms with Crippen LogP contribution in [0.1, 0.15) is 47.2 Å². The Bertz CT molecular complexity index is 779. The van der Waals surface area contributed by atoms with Gasteiger partial charge in [-0.15, -0.1) is 0 Å². The average Bonchev–Trinajstić information content (AvgIpc) is 2.82. The first-order chi connectivity index (χ1) is 11.7. The summed E-state index contributed by atoms with van der Waals surface area (Å²) < 4.78 is 15.1. The Balaban J connectivity index is 2.34. The minimum Gasteiger partial charge on any atom is -0.480 e.